The molecule has 2 aromatic rings. The summed E-state index contributed by atoms with van der Waals surface area (Å²) in [5.74, 6) is -0.871. The molecule has 2 rings (SSSR count). The van der Waals surface area contributed by atoms with E-state index in [-0.39, 0.29) is 6.61 Å². The van der Waals surface area contributed by atoms with Gasteiger partial charge in [-0.3, -0.25) is 20.4 Å². The van der Waals surface area contributed by atoms with Gasteiger partial charge in [0.25, 0.3) is 11.8 Å². The van der Waals surface area contributed by atoms with Crippen LogP contribution in [0.1, 0.15) is 33.4 Å². The quantitative estimate of drug-likeness (QED) is 0.581. The van der Waals surface area contributed by atoms with Crippen molar-refractivity contribution < 1.29 is 23.9 Å². The van der Waals surface area contributed by atoms with Crippen LogP contribution in [0.3, 0.4) is 0 Å². The third kappa shape index (κ3) is 5.92. The highest BCUT2D eigenvalue weighted by Crippen LogP contribution is 2.13. The molecule has 0 aliphatic carbocycles. The summed E-state index contributed by atoms with van der Waals surface area (Å²) >= 11 is 1.27. The number of ether oxygens (including phenoxy) is 2. The number of nitrogens with one attached hydrogen (secondary N) is 2. The normalized spacial score (nSPS) is 9.96. The summed E-state index contributed by atoms with van der Waals surface area (Å²) in [6, 6.07) is 9.65. The van der Waals surface area contributed by atoms with Crippen LogP contribution in [0.5, 0.6) is 5.75 Å². The Bertz CT molecular complexity index is 713. The second-order valence-electron chi connectivity index (χ2n) is 4.93. The highest BCUT2D eigenvalue weighted by molar-refractivity contribution is 7.12. The third-order valence-electron chi connectivity index (χ3n) is 2.96. The van der Waals surface area contributed by atoms with E-state index in [0.717, 1.165) is 6.42 Å². The van der Waals surface area contributed by atoms with Crippen LogP contribution in [0.15, 0.2) is 41.8 Å². The van der Waals surface area contributed by atoms with E-state index < -0.39 is 17.8 Å². The molecule has 132 valence electrons. The van der Waals surface area contributed by atoms with Crippen LogP contribution in [-0.2, 0) is 9.53 Å². The largest absolute Gasteiger partial charge is 0.484 e. The van der Waals surface area contributed by atoms with Crippen LogP contribution in [0, 0.1) is 0 Å². The zero-order chi connectivity index (χ0) is 18.1. The second kappa shape index (κ2) is 9.43. The maximum Gasteiger partial charge on any atom is 0.338 e. The Morgan fingerprint density at radius 1 is 1.08 bits per heavy atom. The number of carbonyl (C=O) groups is 3. The molecule has 0 spiro atoms. The molecule has 0 bridgehead atoms. The monoisotopic (exact) mass is 362 g/mol. The molecule has 0 unspecified atom stereocenters. The van der Waals surface area contributed by atoms with Gasteiger partial charge in [0.05, 0.1) is 17.0 Å². The Morgan fingerprint density at radius 3 is 2.48 bits per heavy atom. The van der Waals surface area contributed by atoms with Gasteiger partial charge < -0.3 is 9.47 Å². The number of thiophene rings is 1. The first kappa shape index (κ1) is 18.5. The van der Waals surface area contributed by atoms with Crippen LogP contribution in [0.2, 0.25) is 0 Å². The highest BCUT2D eigenvalue weighted by atomic mass is 32.1. The summed E-state index contributed by atoms with van der Waals surface area (Å²) in [4.78, 5) is 35.5. The smallest absolute Gasteiger partial charge is 0.338 e. The number of esters is 1. The van der Waals surface area contributed by atoms with E-state index in [1.54, 1.807) is 41.8 Å². The van der Waals surface area contributed by atoms with E-state index in [9.17, 15) is 14.4 Å². The second-order valence-corrected chi connectivity index (χ2v) is 5.88. The lowest BCUT2D eigenvalue weighted by Crippen LogP contribution is -2.43. The first-order valence-electron chi connectivity index (χ1n) is 7.63. The third-order valence-corrected chi connectivity index (χ3v) is 3.83. The number of hydrogen-bond acceptors (Lipinski definition) is 6. The van der Waals surface area contributed by atoms with Crippen molar-refractivity contribution in [2.45, 2.75) is 13.3 Å². The van der Waals surface area contributed by atoms with Gasteiger partial charge in [-0.25, -0.2) is 4.79 Å². The van der Waals surface area contributed by atoms with Crippen LogP contribution >= 0.6 is 11.3 Å². The SMILES string of the molecule is CCCOC(=O)c1ccc(OCC(=O)NNC(=O)c2cccs2)cc1. The minimum absolute atomic E-state index is 0.273. The fraction of sp³-hybridized carbons (Fsp3) is 0.235. The highest BCUT2D eigenvalue weighted by Gasteiger charge is 2.09. The molecule has 0 atom stereocenters. The molecule has 0 saturated heterocycles. The summed E-state index contributed by atoms with van der Waals surface area (Å²) in [6.07, 6.45) is 0.755. The predicted octanol–water partition coefficient (Wildman–Crippen LogP) is 2.15. The maximum absolute atomic E-state index is 11.7. The number of amides is 2. The van der Waals surface area contributed by atoms with Gasteiger partial charge in [-0.05, 0) is 42.1 Å². The summed E-state index contributed by atoms with van der Waals surface area (Å²) < 4.78 is 10.3. The van der Waals surface area contributed by atoms with Gasteiger partial charge in [-0.15, -0.1) is 11.3 Å². The van der Waals surface area contributed by atoms with E-state index in [4.69, 9.17) is 9.47 Å². The lowest BCUT2D eigenvalue weighted by atomic mass is 10.2. The van der Waals surface area contributed by atoms with E-state index in [0.29, 0.717) is 22.8 Å². The molecule has 0 aliphatic heterocycles. The van der Waals surface area contributed by atoms with Crippen LogP contribution in [0.25, 0.3) is 0 Å². The summed E-state index contributed by atoms with van der Waals surface area (Å²) in [5, 5.41) is 1.77. The molecule has 8 heteroatoms. The molecular formula is C17H18N2O5S. The molecule has 0 aliphatic rings. The van der Waals surface area contributed by atoms with E-state index in [1.165, 1.54) is 11.3 Å². The molecule has 0 fully saturated rings. The molecule has 2 N–H and O–H groups in total. The van der Waals surface area contributed by atoms with Crippen molar-refractivity contribution in [2.75, 3.05) is 13.2 Å². The Balaban J connectivity index is 1.74. The zero-order valence-corrected chi connectivity index (χ0v) is 14.4. The zero-order valence-electron chi connectivity index (χ0n) is 13.6. The van der Waals surface area contributed by atoms with E-state index >= 15 is 0 Å². The number of carbonyl (C=O) groups excluding carboxylic acids is 3. The molecule has 1 aromatic carbocycles. The minimum Gasteiger partial charge on any atom is -0.484 e. The van der Waals surface area contributed by atoms with Gasteiger partial charge in [0.2, 0.25) is 0 Å². The Labute approximate surface area is 148 Å². The van der Waals surface area contributed by atoms with Crippen molar-refractivity contribution in [3.63, 3.8) is 0 Å². The molecule has 25 heavy (non-hydrogen) atoms. The number of hydrogen-bond donors (Lipinski definition) is 2. The van der Waals surface area contributed by atoms with Crippen molar-refractivity contribution in [3.05, 3.63) is 52.2 Å². The standard InChI is InChI=1S/C17H18N2O5S/c1-2-9-23-17(22)12-5-7-13(8-6-12)24-11-15(20)18-19-16(21)14-4-3-10-25-14/h3-8,10H,2,9,11H2,1H3,(H,18,20)(H,19,21). The van der Waals surface area contributed by atoms with Crippen molar-refractivity contribution in [1.29, 1.82) is 0 Å². The summed E-state index contributed by atoms with van der Waals surface area (Å²) in [6.45, 7) is 2.01. The Morgan fingerprint density at radius 2 is 1.84 bits per heavy atom. The molecule has 0 radical (unpaired) electrons. The van der Waals surface area contributed by atoms with Gasteiger partial charge in [-0.1, -0.05) is 13.0 Å². The topological polar surface area (TPSA) is 93.7 Å². The van der Waals surface area contributed by atoms with E-state index in [2.05, 4.69) is 10.9 Å². The molecule has 0 saturated carbocycles. The number of benzene rings is 1. The Hall–Kier alpha value is -2.87. The van der Waals surface area contributed by atoms with E-state index in [1.807, 2.05) is 6.92 Å². The van der Waals surface area contributed by atoms with Crippen molar-refractivity contribution in [1.82, 2.24) is 10.9 Å². The van der Waals surface area contributed by atoms with Gasteiger partial charge in [0.15, 0.2) is 6.61 Å². The Kier molecular flexibility index (Phi) is 6.97. The van der Waals surface area contributed by atoms with Crippen molar-refractivity contribution in [2.24, 2.45) is 0 Å². The van der Waals surface area contributed by atoms with Crippen molar-refractivity contribution in [3.8, 4) is 5.75 Å². The maximum atomic E-state index is 11.7. The molecular weight excluding hydrogens is 344 g/mol. The molecule has 7 nitrogen and oxygen atoms in total. The first-order valence-corrected chi connectivity index (χ1v) is 8.50. The van der Waals surface area contributed by atoms with Crippen LogP contribution < -0.4 is 15.6 Å². The average molecular weight is 362 g/mol. The lowest BCUT2D eigenvalue weighted by molar-refractivity contribution is -0.123. The number of rotatable bonds is 7. The molecule has 1 heterocycles. The number of hydrazine groups is 1. The predicted molar refractivity (Wildman–Crippen MR) is 92.4 cm³/mol. The molecule has 1 aromatic heterocycles. The average Bonchev–Trinajstić information content (AvgIpc) is 3.17. The van der Waals surface area contributed by atoms with Crippen molar-refractivity contribution >= 4 is 29.1 Å². The van der Waals surface area contributed by atoms with Gasteiger partial charge in [0.1, 0.15) is 5.75 Å². The van der Waals surface area contributed by atoms with Crippen LogP contribution in [-0.4, -0.2) is 31.0 Å². The van der Waals surface area contributed by atoms with Crippen LogP contribution in [0.4, 0.5) is 0 Å². The summed E-state index contributed by atoms with van der Waals surface area (Å²) in [7, 11) is 0. The first-order chi connectivity index (χ1) is 12.1. The fourth-order valence-electron chi connectivity index (χ4n) is 1.75. The van der Waals surface area contributed by atoms with Gasteiger partial charge in [-0.2, -0.15) is 0 Å². The fourth-order valence-corrected chi connectivity index (χ4v) is 2.37. The molecule has 2 amide bonds. The minimum atomic E-state index is -0.503. The van der Waals surface area contributed by atoms with Gasteiger partial charge >= 0.3 is 5.97 Å². The van der Waals surface area contributed by atoms with Gasteiger partial charge in [0, 0.05) is 0 Å². The lowest BCUT2D eigenvalue weighted by Gasteiger charge is -2.09. The summed E-state index contributed by atoms with van der Waals surface area (Å²) in [5.41, 5.74) is 4.97.